The number of hydrogen-bond donors (Lipinski definition) is 1. The molecule has 0 bridgehead atoms. The van der Waals surface area contributed by atoms with Crippen LogP contribution in [0, 0.1) is 0 Å². The molecule has 2 aromatic rings. The van der Waals surface area contributed by atoms with Crippen LogP contribution in [0.1, 0.15) is 5.56 Å². The molecule has 2 aromatic carbocycles. The quantitative estimate of drug-likeness (QED) is 0.859. The normalized spacial score (nSPS) is 11.6. The van der Waals surface area contributed by atoms with Crippen LogP contribution in [-0.2, 0) is 16.6 Å². The van der Waals surface area contributed by atoms with E-state index in [0.29, 0.717) is 11.4 Å². The minimum Gasteiger partial charge on any atom is -0.487 e. The van der Waals surface area contributed by atoms with Crippen LogP contribution in [0.25, 0.3) is 0 Å². The molecule has 0 aliphatic carbocycles. The van der Waals surface area contributed by atoms with Crippen LogP contribution >= 0.6 is 0 Å². The third-order valence-corrected chi connectivity index (χ3v) is 4.80. The number of rotatable bonds is 5. The summed E-state index contributed by atoms with van der Waals surface area (Å²) >= 11 is 0. The number of anilines is 1. The van der Waals surface area contributed by atoms with Gasteiger partial charge >= 0.3 is 0 Å². The number of benzene rings is 2. The fourth-order valence-corrected chi connectivity index (χ4v) is 2.75. The molecule has 6 heteroatoms. The lowest BCUT2D eigenvalue weighted by Crippen LogP contribution is -2.22. The molecular weight excluding hydrogens is 288 g/mol. The van der Waals surface area contributed by atoms with Gasteiger partial charge in [0, 0.05) is 14.1 Å². The van der Waals surface area contributed by atoms with E-state index in [0.717, 1.165) is 5.56 Å². The summed E-state index contributed by atoms with van der Waals surface area (Å²) in [6.07, 6.45) is 0. The fourth-order valence-electron chi connectivity index (χ4n) is 1.78. The van der Waals surface area contributed by atoms with Crippen LogP contribution in [0.15, 0.2) is 53.4 Å². The molecule has 0 atom stereocenters. The van der Waals surface area contributed by atoms with Gasteiger partial charge < -0.3 is 10.5 Å². The van der Waals surface area contributed by atoms with Gasteiger partial charge in [-0.25, -0.2) is 12.7 Å². The number of nitrogen functional groups attached to an aromatic ring is 1. The van der Waals surface area contributed by atoms with Gasteiger partial charge in [-0.1, -0.05) is 24.3 Å². The largest absolute Gasteiger partial charge is 0.487 e. The second-order valence-electron chi connectivity index (χ2n) is 4.76. The van der Waals surface area contributed by atoms with Gasteiger partial charge in [-0.05, 0) is 29.8 Å². The molecule has 0 aliphatic rings. The summed E-state index contributed by atoms with van der Waals surface area (Å²) < 4.78 is 31.0. The van der Waals surface area contributed by atoms with Crippen molar-refractivity contribution >= 4 is 15.7 Å². The highest BCUT2D eigenvalue weighted by Crippen LogP contribution is 2.22. The molecule has 2 rings (SSSR count). The number of ether oxygens (including phenoxy) is 1. The number of nitrogens with two attached hydrogens (primary N) is 1. The Morgan fingerprint density at radius 3 is 2.48 bits per heavy atom. The second-order valence-corrected chi connectivity index (χ2v) is 6.91. The molecule has 2 N–H and O–H groups in total. The number of nitrogens with zero attached hydrogens (tertiary/aromatic N) is 1. The SMILES string of the molecule is CN(C)S(=O)(=O)c1cccc(COc2ccccc2N)c1. The first-order chi connectivity index (χ1) is 9.91. The van der Waals surface area contributed by atoms with E-state index in [4.69, 9.17) is 10.5 Å². The van der Waals surface area contributed by atoms with Crippen molar-refractivity contribution < 1.29 is 13.2 Å². The van der Waals surface area contributed by atoms with Crippen molar-refractivity contribution in [3.8, 4) is 5.75 Å². The standard InChI is InChI=1S/C15H18N2O3S/c1-17(2)21(18,19)13-7-5-6-12(10-13)11-20-15-9-4-3-8-14(15)16/h3-10H,11,16H2,1-2H3. The minimum absolute atomic E-state index is 0.245. The molecule has 21 heavy (non-hydrogen) atoms. The molecular formula is C15H18N2O3S. The van der Waals surface area contributed by atoms with E-state index >= 15 is 0 Å². The summed E-state index contributed by atoms with van der Waals surface area (Å²) in [5, 5.41) is 0. The molecule has 0 amide bonds. The maximum absolute atomic E-state index is 12.1. The van der Waals surface area contributed by atoms with Crippen molar-refractivity contribution in [2.24, 2.45) is 0 Å². The van der Waals surface area contributed by atoms with E-state index < -0.39 is 10.0 Å². The first-order valence-electron chi connectivity index (χ1n) is 6.40. The molecule has 0 fully saturated rings. The lowest BCUT2D eigenvalue weighted by molar-refractivity contribution is 0.307. The predicted octanol–water partition coefficient (Wildman–Crippen LogP) is 2.10. The zero-order valence-electron chi connectivity index (χ0n) is 12.0. The van der Waals surface area contributed by atoms with Gasteiger partial charge in [0.25, 0.3) is 0 Å². The molecule has 0 aliphatic heterocycles. The molecule has 0 radical (unpaired) electrons. The molecule has 0 saturated carbocycles. The molecule has 0 saturated heterocycles. The van der Waals surface area contributed by atoms with Gasteiger partial charge in [-0.3, -0.25) is 0 Å². The molecule has 112 valence electrons. The molecule has 0 heterocycles. The molecule has 0 spiro atoms. The molecule has 0 unspecified atom stereocenters. The van der Waals surface area contributed by atoms with Crippen molar-refractivity contribution in [1.29, 1.82) is 0 Å². The van der Waals surface area contributed by atoms with Gasteiger partial charge in [0.15, 0.2) is 0 Å². The average molecular weight is 306 g/mol. The number of hydrogen-bond acceptors (Lipinski definition) is 4. The van der Waals surface area contributed by atoms with E-state index in [1.165, 1.54) is 18.4 Å². The van der Waals surface area contributed by atoms with Gasteiger partial charge in [0.2, 0.25) is 10.0 Å². The van der Waals surface area contributed by atoms with Gasteiger partial charge in [0.05, 0.1) is 10.6 Å². The summed E-state index contributed by atoms with van der Waals surface area (Å²) in [6.45, 7) is 0.255. The second kappa shape index (κ2) is 6.15. The van der Waals surface area contributed by atoms with Crippen LogP contribution in [-0.4, -0.2) is 26.8 Å². The predicted molar refractivity (Wildman–Crippen MR) is 82.5 cm³/mol. The average Bonchev–Trinajstić information content (AvgIpc) is 2.46. The summed E-state index contributed by atoms with van der Waals surface area (Å²) in [7, 11) is -0.431. The highest BCUT2D eigenvalue weighted by molar-refractivity contribution is 7.89. The first-order valence-corrected chi connectivity index (χ1v) is 7.84. The van der Waals surface area contributed by atoms with Crippen LogP contribution in [0.4, 0.5) is 5.69 Å². The zero-order valence-corrected chi connectivity index (χ0v) is 12.8. The maximum Gasteiger partial charge on any atom is 0.242 e. The number of sulfonamides is 1. The van der Waals surface area contributed by atoms with Crippen LogP contribution in [0.2, 0.25) is 0 Å². The monoisotopic (exact) mass is 306 g/mol. The third kappa shape index (κ3) is 3.53. The Labute approximate surface area is 125 Å². The molecule has 5 nitrogen and oxygen atoms in total. The topological polar surface area (TPSA) is 72.6 Å². The highest BCUT2D eigenvalue weighted by Gasteiger charge is 2.17. The lowest BCUT2D eigenvalue weighted by atomic mass is 10.2. The fraction of sp³-hybridized carbons (Fsp3) is 0.200. The Hall–Kier alpha value is -2.05. The third-order valence-electron chi connectivity index (χ3n) is 2.99. The van der Waals surface area contributed by atoms with Crippen LogP contribution in [0.5, 0.6) is 5.75 Å². The van der Waals surface area contributed by atoms with Gasteiger partial charge in [-0.2, -0.15) is 0 Å². The zero-order chi connectivity index (χ0) is 15.5. The Balaban J connectivity index is 2.18. The summed E-state index contributed by atoms with van der Waals surface area (Å²) in [6, 6.07) is 13.9. The smallest absolute Gasteiger partial charge is 0.242 e. The van der Waals surface area contributed by atoms with Crippen LogP contribution in [0.3, 0.4) is 0 Å². The first kappa shape index (κ1) is 15.3. The van der Waals surface area contributed by atoms with E-state index in [2.05, 4.69) is 0 Å². The summed E-state index contributed by atoms with van der Waals surface area (Å²) in [4.78, 5) is 0.245. The summed E-state index contributed by atoms with van der Waals surface area (Å²) in [5.41, 5.74) is 7.11. The van der Waals surface area contributed by atoms with Crippen molar-refractivity contribution in [3.63, 3.8) is 0 Å². The Bertz CT molecular complexity index is 727. The Kier molecular flexibility index (Phi) is 4.50. The van der Waals surface area contributed by atoms with Crippen molar-refractivity contribution in [2.75, 3.05) is 19.8 Å². The van der Waals surface area contributed by atoms with Gasteiger partial charge in [-0.15, -0.1) is 0 Å². The Morgan fingerprint density at radius 1 is 1.10 bits per heavy atom. The highest BCUT2D eigenvalue weighted by atomic mass is 32.2. The maximum atomic E-state index is 12.1. The lowest BCUT2D eigenvalue weighted by Gasteiger charge is -2.13. The van der Waals surface area contributed by atoms with Crippen molar-refractivity contribution in [3.05, 3.63) is 54.1 Å². The summed E-state index contributed by atoms with van der Waals surface area (Å²) in [5.74, 6) is 0.582. The number of para-hydroxylation sites is 2. The van der Waals surface area contributed by atoms with E-state index in [1.807, 2.05) is 18.2 Å². The van der Waals surface area contributed by atoms with E-state index in [-0.39, 0.29) is 11.5 Å². The molecule has 0 aromatic heterocycles. The van der Waals surface area contributed by atoms with E-state index in [1.54, 1.807) is 30.3 Å². The minimum atomic E-state index is -3.44. The Morgan fingerprint density at radius 2 is 1.81 bits per heavy atom. The van der Waals surface area contributed by atoms with E-state index in [9.17, 15) is 8.42 Å². The van der Waals surface area contributed by atoms with Crippen molar-refractivity contribution in [1.82, 2.24) is 4.31 Å². The van der Waals surface area contributed by atoms with Crippen molar-refractivity contribution in [2.45, 2.75) is 11.5 Å². The van der Waals surface area contributed by atoms with Crippen LogP contribution < -0.4 is 10.5 Å². The van der Waals surface area contributed by atoms with Gasteiger partial charge in [0.1, 0.15) is 12.4 Å².